The number of benzene rings is 2. The van der Waals surface area contributed by atoms with Gasteiger partial charge in [0.15, 0.2) is 16.8 Å². The Morgan fingerprint density at radius 2 is 1.72 bits per heavy atom. The lowest BCUT2D eigenvalue weighted by atomic mass is 10.0. The van der Waals surface area contributed by atoms with Crippen molar-refractivity contribution in [1.82, 2.24) is 14.8 Å². The van der Waals surface area contributed by atoms with Gasteiger partial charge in [0.2, 0.25) is 0 Å². The second-order valence-corrected chi connectivity index (χ2v) is 8.93. The van der Waals surface area contributed by atoms with Crippen LogP contribution in [0, 0.1) is 0 Å². The molecule has 1 aliphatic rings. The number of aromatic nitrogens is 3. The molecule has 4 nitrogen and oxygen atoms in total. The van der Waals surface area contributed by atoms with E-state index in [1.165, 1.54) is 11.8 Å². The van der Waals surface area contributed by atoms with Crippen molar-refractivity contribution in [1.29, 1.82) is 0 Å². The topological polar surface area (TPSA) is 47.8 Å². The molecule has 1 fully saturated rings. The number of carbonyl (C=O) groups is 1. The predicted molar refractivity (Wildman–Crippen MR) is 119 cm³/mol. The van der Waals surface area contributed by atoms with Crippen LogP contribution in [0.15, 0.2) is 77.3 Å². The summed E-state index contributed by atoms with van der Waals surface area (Å²) >= 11 is 3.15. The Hall–Kier alpha value is -2.70. The molecule has 1 saturated carbocycles. The molecule has 0 spiro atoms. The monoisotopic (exact) mass is 417 g/mol. The molecule has 2 aromatic heterocycles. The van der Waals surface area contributed by atoms with Crippen molar-refractivity contribution in [2.45, 2.75) is 24.0 Å². The van der Waals surface area contributed by atoms with Gasteiger partial charge in [0.25, 0.3) is 0 Å². The van der Waals surface area contributed by atoms with Crippen LogP contribution in [0.3, 0.4) is 0 Å². The van der Waals surface area contributed by atoms with Gasteiger partial charge in [-0.3, -0.25) is 9.36 Å². The van der Waals surface area contributed by atoms with Gasteiger partial charge in [0, 0.05) is 11.6 Å². The fourth-order valence-electron chi connectivity index (χ4n) is 3.30. The highest BCUT2D eigenvalue weighted by Gasteiger charge is 2.30. The van der Waals surface area contributed by atoms with Gasteiger partial charge in [0.1, 0.15) is 0 Å². The molecule has 0 saturated heterocycles. The molecular formula is C23H19N3OS2. The second kappa shape index (κ2) is 7.97. The summed E-state index contributed by atoms with van der Waals surface area (Å²) in [6.07, 6.45) is 2.30. The van der Waals surface area contributed by atoms with Crippen LogP contribution >= 0.6 is 23.1 Å². The van der Waals surface area contributed by atoms with Crippen molar-refractivity contribution < 1.29 is 4.79 Å². The zero-order chi connectivity index (χ0) is 19.6. The molecule has 1 aliphatic carbocycles. The van der Waals surface area contributed by atoms with E-state index in [2.05, 4.69) is 38.3 Å². The van der Waals surface area contributed by atoms with E-state index in [1.807, 2.05) is 48.5 Å². The molecule has 4 aromatic rings. The van der Waals surface area contributed by atoms with E-state index in [4.69, 9.17) is 0 Å². The largest absolute Gasteiger partial charge is 0.298 e. The fraction of sp³-hybridized carbons (Fsp3) is 0.174. The van der Waals surface area contributed by atoms with Crippen LogP contribution in [0.5, 0.6) is 0 Å². The summed E-state index contributed by atoms with van der Waals surface area (Å²) in [4.78, 5) is 13.8. The molecular weight excluding hydrogens is 398 g/mol. The summed E-state index contributed by atoms with van der Waals surface area (Å²) in [6.45, 7) is 0. The first-order valence-corrected chi connectivity index (χ1v) is 11.5. The van der Waals surface area contributed by atoms with E-state index in [1.54, 1.807) is 11.3 Å². The van der Waals surface area contributed by atoms with E-state index in [0.29, 0.717) is 11.8 Å². The number of rotatable bonds is 7. The first-order valence-electron chi connectivity index (χ1n) is 9.60. The summed E-state index contributed by atoms with van der Waals surface area (Å²) in [7, 11) is 0. The summed E-state index contributed by atoms with van der Waals surface area (Å²) in [6, 6.07) is 22.6. The van der Waals surface area contributed by atoms with E-state index in [9.17, 15) is 4.79 Å². The van der Waals surface area contributed by atoms with Crippen LogP contribution in [-0.4, -0.2) is 26.3 Å². The Labute approximate surface area is 177 Å². The molecule has 2 heterocycles. The summed E-state index contributed by atoms with van der Waals surface area (Å²) in [5, 5.41) is 11.7. The molecule has 0 atom stereocenters. The van der Waals surface area contributed by atoms with Crippen LogP contribution in [0.1, 0.15) is 29.2 Å². The minimum Gasteiger partial charge on any atom is -0.298 e. The molecule has 6 heteroatoms. The maximum absolute atomic E-state index is 12.7. The quantitative estimate of drug-likeness (QED) is 0.274. The van der Waals surface area contributed by atoms with Crippen molar-refractivity contribution in [3.05, 3.63) is 77.7 Å². The standard InChI is InChI=1S/C23H19N3OS2/c27-20(18-10-8-17(9-11-18)16-5-2-1-3-6-16)15-29-23-25-24-22(21-7-4-14-28-21)26(23)19-12-13-19/h1-11,14,19H,12-13,15H2. The third kappa shape index (κ3) is 3.91. The summed E-state index contributed by atoms with van der Waals surface area (Å²) in [5.41, 5.74) is 3.00. The van der Waals surface area contributed by atoms with Gasteiger partial charge in [-0.15, -0.1) is 21.5 Å². The molecule has 144 valence electrons. The molecule has 2 aromatic carbocycles. The van der Waals surface area contributed by atoms with Crippen LogP contribution in [-0.2, 0) is 0 Å². The van der Waals surface area contributed by atoms with Crippen molar-refractivity contribution in [3.63, 3.8) is 0 Å². The maximum atomic E-state index is 12.7. The Morgan fingerprint density at radius 3 is 2.41 bits per heavy atom. The molecule has 0 amide bonds. The van der Waals surface area contributed by atoms with Crippen LogP contribution in [0.25, 0.3) is 21.8 Å². The number of carbonyl (C=O) groups excluding carboxylic acids is 1. The van der Waals surface area contributed by atoms with Gasteiger partial charge in [-0.1, -0.05) is 72.4 Å². The number of thiophene rings is 1. The first-order chi connectivity index (χ1) is 14.3. The van der Waals surface area contributed by atoms with E-state index in [0.717, 1.165) is 45.4 Å². The highest BCUT2D eigenvalue weighted by Crippen LogP contribution is 2.41. The van der Waals surface area contributed by atoms with Crippen molar-refractivity contribution in [2.75, 3.05) is 5.75 Å². The molecule has 0 radical (unpaired) electrons. The molecule has 0 N–H and O–H groups in total. The number of hydrogen-bond donors (Lipinski definition) is 0. The van der Waals surface area contributed by atoms with Crippen molar-refractivity contribution in [3.8, 4) is 21.8 Å². The minimum atomic E-state index is 0.109. The molecule has 0 aliphatic heterocycles. The van der Waals surface area contributed by atoms with Gasteiger partial charge in [-0.05, 0) is 35.4 Å². The second-order valence-electron chi connectivity index (χ2n) is 7.04. The van der Waals surface area contributed by atoms with Gasteiger partial charge in [-0.2, -0.15) is 0 Å². The fourth-order valence-corrected chi connectivity index (χ4v) is 4.91. The average Bonchev–Trinajstić information content (AvgIpc) is 3.29. The smallest absolute Gasteiger partial charge is 0.192 e. The van der Waals surface area contributed by atoms with Gasteiger partial charge >= 0.3 is 0 Å². The Morgan fingerprint density at radius 1 is 0.966 bits per heavy atom. The Bertz CT molecular complexity index is 1110. The van der Waals surface area contributed by atoms with Gasteiger partial charge < -0.3 is 0 Å². The van der Waals surface area contributed by atoms with E-state index in [-0.39, 0.29) is 5.78 Å². The Kier molecular flexibility index (Phi) is 5.04. The Balaban J connectivity index is 1.30. The van der Waals surface area contributed by atoms with Crippen molar-refractivity contribution >= 4 is 28.9 Å². The zero-order valence-electron chi connectivity index (χ0n) is 15.7. The van der Waals surface area contributed by atoms with Crippen molar-refractivity contribution in [2.24, 2.45) is 0 Å². The van der Waals surface area contributed by atoms with Crippen LogP contribution < -0.4 is 0 Å². The highest BCUT2D eigenvalue weighted by molar-refractivity contribution is 7.99. The maximum Gasteiger partial charge on any atom is 0.192 e. The zero-order valence-corrected chi connectivity index (χ0v) is 17.3. The summed E-state index contributed by atoms with van der Waals surface area (Å²) in [5.74, 6) is 1.39. The third-order valence-electron chi connectivity index (χ3n) is 4.96. The number of Topliss-reactive ketones (excluding diaryl/α,β-unsaturated/α-hetero) is 1. The number of thioether (sulfide) groups is 1. The summed E-state index contributed by atoms with van der Waals surface area (Å²) < 4.78 is 2.21. The van der Waals surface area contributed by atoms with Crippen LogP contribution in [0.2, 0.25) is 0 Å². The van der Waals surface area contributed by atoms with E-state index >= 15 is 0 Å². The number of ketones is 1. The normalized spacial score (nSPS) is 13.5. The number of nitrogens with zero attached hydrogens (tertiary/aromatic N) is 3. The van der Waals surface area contributed by atoms with Gasteiger partial charge in [-0.25, -0.2) is 0 Å². The number of hydrogen-bond acceptors (Lipinski definition) is 5. The lowest BCUT2D eigenvalue weighted by Crippen LogP contribution is -2.05. The van der Waals surface area contributed by atoms with E-state index < -0.39 is 0 Å². The average molecular weight is 418 g/mol. The minimum absolute atomic E-state index is 0.109. The molecule has 0 bridgehead atoms. The predicted octanol–water partition coefficient (Wildman–Crippen LogP) is 5.98. The molecule has 5 rings (SSSR count). The van der Waals surface area contributed by atoms with Crippen LogP contribution in [0.4, 0.5) is 0 Å². The SMILES string of the molecule is O=C(CSc1nnc(-c2cccs2)n1C1CC1)c1ccc(-c2ccccc2)cc1. The highest BCUT2D eigenvalue weighted by atomic mass is 32.2. The molecule has 0 unspecified atom stereocenters. The lowest BCUT2D eigenvalue weighted by Gasteiger charge is -2.08. The molecule has 29 heavy (non-hydrogen) atoms. The van der Waals surface area contributed by atoms with Gasteiger partial charge in [0.05, 0.1) is 10.6 Å². The third-order valence-corrected chi connectivity index (χ3v) is 6.77. The lowest BCUT2D eigenvalue weighted by molar-refractivity contribution is 0.102. The first kappa shape index (κ1) is 18.3.